The van der Waals surface area contributed by atoms with Crippen molar-refractivity contribution in [2.24, 2.45) is 0 Å². The Kier molecular flexibility index (Phi) is 7.20. The van der Waals surface area contributed by atoms with E-state index in [1.54, 1.807) is 48.5 Å². The van der Waals surface area contributed by atoms with E-state index in [4.69, 9.17) is 23.4 Å². The smallest absolute Gasteiger partial charge is 0.294 e. The first-order valence-electron chi connectivity index (χ1n) is 12.4. The normalized spacial score (nSPS) is 15.6. The highest BCUT2D eigenvalue weighted by Crippen LogP contribution is 2.42. The molecule has 0 radical (unpaired) electrons. The number of anilines is 1. The molecule has 1 aliphatic heterocycles. The molecule has 9 nitrogen and oxygen atoms in total. The molecular formula is C28H30N2O7. The number of carbonyl (C=O) groups excluding carboxylic acids is 2. The number of hydrogen-bond donors (Lipinski definition) is 1. The minimum absolute atomic E-state index is 0.0347. The number of benzene rings is 2. The monoisotopic (exact) mass is 506 g/mol. The van der Waals surface area contributed by atoms with Gasteiger partial charge in [-0.05, 0) is 43.2 Å². The van der Waals surface area contributed by atoms with E-state index in [9.17, 15) is 9.59 Å². The van der Waals surface area contributed by atoms with Crippen molar-refractivity contribution in [3.63, 3.8) is 0 Å². The number of amides is 2. The third-order valence-corrected chi connectivity index (χ3v) is 6.69. The lowest BCUT2D eigenvalue weighted by Gasteiger charge is -2.33. The summed E-state index contributed by atoms with van der Waals surface area (Å²) in [6.45, 7) is 0.826. The Balaban J connectivity index is 1.67. The molecule has 2 aliphatic rings. The lowest BCUT2D eigenvalue weighted by Crippen LogP contribution is -2.46. The summed E-state index contributed by atoms with van der Waals surface area (Å²) in [5.74, 6) is 1.17. The van der Waals surface area contributed by atoms with Crippen molar-refractivity contribution < 1.29 is 33.0 Å². The van der Waals surface area contributed by atoms with Crippen LogP contribution in [0.5, 0.6) is 23.0 Å². The van der Waals surface area contributed by atoms with Gasteiger partial charge in [0.2, 0.25) is 5.91 Å². The van der Waals surface area contributed by atoms with Crippen molar-refractivity contribution in [3.05, 3.63) is 66.1 Å². The lowest BCUT2D eigenvalue weighted by molar-refractivity contribution is -0.123. The van der Waals surface area contributed by atoms with Crippen molar-refractivity contribution in [1.29, 1.82) is 0 Å². The SMILES string of the molecule is COc1cccc([C@@H](C(=O)NC2CCCC2)N(C(=O)c2ccco2)c2ccc3c(c2)OCCO3)c1OC. The maximum Gasteiger partial charge on any atom is 0.294 e. The van der Waals surface area contributed by atoms with Crippen LogP contribution in [0.1, 0.15) is 47.8 Å². The summed E-state index contributed by atoms with van der Waals surface area (Å²) in [4.78, 5) is 29.5. The summed E-state index contributed by atoms with van der Waals surface area (Å²) >= 11 is 0. The van der Waals surface area contributed by atoms with Gasteiger partial charge in [0.15, 0.2) is 28.8 Å². The Morgan fingerprint density at radius 1 is 0.973 bits per heavy atom. The Morgan fingerprint density at radius 3 is 2.46 bits per heavy atom. The lowest BCUT2D eigenvalue weighted by atomic mass is 10.00. The molecule has 1 aliphatic carbocycles. The van der Waals surface area contributed by atoms with Gasteiger partial charge in [0.05, 0.1) is 20.5 Å². The van der Waals surface area contributed by atoms with Gasteiger partial charge in [-0.25, -0.2) is 0 Å². The summed E-state index contributed by atoms with van der Waals surface area (Å²) < 4.78 is 28.2. The van der Waals surface area contributed by atoms with Crippen LogP contribution in [0.15, 0.2) is 59.2 Å². The molecule has 5 rings (SSSR count). The number of fused-ring (bicyclic) bond motifs is 1. The van der Waals surface area contributed by atoms with E-state index in [-0.39, 0.29) is 17.7 Å². The first-order valence-corrected chi connectivity index (χ1v) is 12.4. The predicted octanol–water partition coefficient (Wildman–Crippen LogP) is 4.51. The molecule has 1 aromatic heterocycles. The number of nitrogens with zero attached hydrogens (tertiary/aromatic N) is 1. The number of para-hydroxylation sites is 1. The Hall–Kier alpha value is -4.14. The summed E-state index contributed by atoms with van der Waals surface area (Å²) in [6.07, 6.45) is 5.31. The van der Waals surface area contributed by atoms with Crippen LogP contribution in [0.3, 0.4) is 0 Å². The quantitative estimate of drug-likeness (QED) is 0.480. The van der Waals surface area contributed by atoms with Crippen molar-refractivity contribution >= 4 is 17.5 Å². The van der Waals surface area contributed by atoms with Gasteiger partial charge in [0, 0.05) is 23.4 Å². The maximum atomic E-state index is 14.1. The van der Waals surface area contributed by atoms with Gasteiger partial charge in [-0.15, -0.1) is 0 Å². The number of furan rings is 1. The molecule has 1 saturated carbocycles. The molecule has 1 atom stereocenters. The molecule has 3 aromatic rings. The second-order valence-electron chi connectivity index (χ2n) is 8.96. The third kappa shape index (κ3) is 4.94. The van der Waals surface area contributed by atoms with E-state index in [1.807, 2.05) is 0 Å². The van der Waals surface area contributed by atoms with Gasteiger partial charge in [0.25, 0.3) is 5.91 Å². The van der Waals surface area contributed by atoms with Crippen LogP contribution in [-0.4, -0.2) is 45.3 Å². The molecule has 2 amide bonds. The van der Waals surface area contributed by atoms with Crippen LogP contribution < -0.4 is 29.2 Å². The second-order valence-corrected chi connectivity index (χ2v) is 8.96. The number of hydrogen-bond acceptors (Lipinski definition) is 7. The van der Waals surface area contributed by atoms with Crippen molar-refractivity contribution in [2.45, 2.75) is 37.8 Å². The topological polar surface area (TPSA) is 99.5 Å². The molecule has 2 aromatic carbocycles. The molecule has 2 heterocycles. The molecule has 9 heteroatoms. The van der Waals surface area contributed by atoms with Crippen molar-refractivity contribution in [2.75, 3.05) is 32.3 Å². The van der Waals surface area contributed by atoms with E-state index in [0.29, 0.717) is 47.5 Å². The number of ether oxygens (including phenoxy) is 4. The van der Waals surface area contributed by atoms with Crippen LogP contribution in [0.25, 0.3) is 0 Å². The van der Waals surface area contributed by atoms with Gasteiger partial charge >= 0.3 is 0 Å². The van der Waals surface area contributed by atoms with Crippen LogP contribution in [0, 0.1) is 0 Å². The average Bonchev–Trinajstić information content (AvgIpc) is 3.65. The zero-order valence-electron chi connectivity index (χ0n) is 20.9. The Labute approximate surface area is 215 Å². The van der Waals surface area contributed by atoms with Gasteiger partial charge in [-0.2, -0.15) is 0 Å². The highest BCUT2D eigenvalue weighted by Gasteiger charge is 2.38. The summed E-state index contributed by atoms with van der Waals surface area (Å²) in [5.41, 5.74) is 0.925. The molecule has 37 heavy (non-hydrogen) atoms. The minimum atomic E-state index is -1.09. The van der Waals surface area contributed by atoms with E-state index >= 15 is 0 Å². The van der Waals surface area contributed by atoms with E-state index < -0.39 is 11.9 Å². The molecule has 1 N–H and O–H groups in total. The summed E-state index contributed by atoms with van der Waals surface area (Å²) in [7, 11) is 3.04. The largest absolute Gasteiger partial charge is 0.493 e. The van der Waals surface area contributed by atoms with Crippen LogP contribution in [0.4, 0.5) is 5.69 Å². The van der Waals surface area contributed by atoms with Gasteiger partial charge in [0.1, 0.15) is 19.3 Å². The van der Waals surface area contributed by atoms with Crippen LogP contribution in [-0.2, 0) is 4.79 Å². The van der Waals surface area contributed by atoms with Crippen molar-refractivity contribution in [3.8, 4) is 23.0 Å². The van der Waals surface area contributed by atoms with Gasteiger partial charge in [-0.1, -0.05) is 25.0 Å². The second kappa shape index (κ2) is 10.9. The third-order valence-electron chi connectivity index (χ3n) is 6.69. The van der Waals surface area contributed by atoms with Gasteiger partial charge < -0.3 is 28.7 Å². The molecular weight excluding hydrogens is 476 g/mol. The highest BCUT2D eigenvalue weighted by atomic mass is 16.6. The summed E-state index contributed by atoms with van der Waals surface area (Å²) in [6, 6.07) is 12.6. The molecule has 0 saturated heterocycles. The van der Waals surface area contributed by atoms with Crippen LogP contribution >= 0.6 is 0 Å². The summed E-state index contributed by atoms with van der Waals surface area (Å²) in [5, 5.41) is 3.16. The fourth-order valence-corrected chi connectivity index (χ4v) is 4.96. The zero-order chi connectivity index (χ0) is 25.8. The molecule has 0 spiro atoms. The number of rotatable bonds is 8. The fourth-order valence-electron chi connectivity index (χ4n) is 4.96. The Morgan fingerprint density at radius 2 is 1.76 bits per heavy atom. The number of carbonyl (C=O) groups is 2. The van der Waals surface area contributed by atoms with E-state index in [0.717, 1.165) is 25.7 Å². The molecule has 1 fully saturated rings. The van der Waals surface area contributed by atoms with E-state index in [1.165, 1.54) is 25.4 Å². The first kappa shape index (κ1) is 24.5. The predicted molar refractivity (Wildman–Crippen MR) is 136 cm³/mol. The number of methoxy groups -OCH3 is 2. The van der Waals surface area contributed by atoms with E-state index in [2.05, 4.69) is 5.32 Å². The Bertz CT molecular complexity index is 1250. The minimum Gasteiger partial charge on any atom is -0.493 e. The average molecular weight is 507 g/mol. The van der Waals surface area contributed by atoms with Gasteiger partial charge in [-0.3, -0.25) is 14.5 Å². The van der Waals surface area contributed by atoms with Crippen molar-refractivity contribution in [1.82, 2.24) is 5.32 Å². The van der Waals surface area contributed by atoms with Crippen LogP contribution in [0.2, 0.25) is 0 Å². The standard InChI is InChI=1S/C28H30N2O7/c1-33-22-10-5-9-20(26(22)34-2)25(27(31)29-18-7-3-4-8-18)30(28(32)23-11-6-14-35-23)19-12-13-21-24(17-19)37-16-15-36-21/h5-6,9-14,17-18,25H,3-4,7-8,15-16H2,1-2H3,(H,29,31)/t25-/m0/s1. The first-order chi connectivity index (χ1) is 18.1. The maximum absolute atomic E-state index is 14.1. The molecule has 0 bridgehead atoms. The highest BCUT2D eigenvalue weighted by molar-refractivity contribution is 6.09. The molecule has 0 unspecified atom stereocenters. The number of nitrogens with one attached hydrogen (secondary N) is 1. The zero-order valence-corrected chi connectivity index (χ0v) is 20.9. The molecule has 194 valence electrons. The fraction of sp³-hybridized carbons (Fsp3) is 0.357.